The molecule has 0 saturated carbocycles. The number of hydrogen-bond donors (Lipinski definition) is 1. The highest BCUT2D eigenvalue weighted by molar-refractivity contribution is 5.48. The van der Waals surface area contributed by atoms with Crippen LogP contribution < -0.4 is 5.73 Å². The van der Waals surface area contributed by atoms with Gasteiger partial charge in [0.15, 0.2) is 0 Å². The van der Waals surface area contributed by atoms with Crippen LogP contribution in [0.25, 0.3) is 6.08 Å². The van der Waals surface area contributed by atoms with Crippen molar-refractivity contribution in [1.82, 2.24) is 4.90 Å². The fourth-order valence-electron chi connectivity index (χ4n) is 2.94. The molecule has 1 saturated heterocycles. The van der Waals surface area contributed by atoms with Crippen LogP contribution in [0, 0.1) is 0 Å². The van der Waals surface area contributed by atoms with Crippen LogP contribution in [0.2, 0.25) is 0 Å². The number of benzene rings is 2. The molecule has 0 spiro atoms. The summed E-state index contributed by atoms with van der Waals surface area (Å²) in [6, 6.07) is 21.3. The van der Waals surface area contributed by atoms with Crippen molar-refractivity contribution in [3.05, 3.63) is 78.0 Å². The van der Waals surface area contributed by atoms with Crippen molar-refractivity contribution in [3.63, 3.8) is 0 Å². The van der Waals surface area contributed by atoms with Crippen molar-refractivity contribution in [1.29, 1.82) is 0 Å². The summed E-state index contributed by atoms with van der Waals surface area (Å²) >= 11 is 0. The van der Waals surface area contributed by atoms with Gasteiger partial charge in [0.1, 0.15) is 0 Å². The molecule has 3 rings (SSSR count). The molecule has 2 heteroatoms. The smallest absolute Gasteiger partial charge is 0.0256 e. The lowest BCUT2D eigenvalue weighted by atomic mass is 9.87. The van der Waals surface area contributed by atoms with E-state index in [4.69, 9.17) is 5.73 Å². The van der Waals surface area contributed by atoms with Crippen LogP contribution in [0.5, 0.6) is 0 Å². The lowest BCUT2D eigenvalue weighted by Crippen LogP contribution is -2.43. The predicted molar refractivity (Wildman–Crippen MR) is 88.8 cm³/mol. The Hall–Kier alpha value is -2.06. The Balaban J connectivity index is 1.70. The molecule has 1 aliphatic rings. The van der Waals surface area contributed by atoms with Gasteiger partial charge in [-0.1, -0.05) is 60.7 Å². The number of hydrogen-bond acceptors (Lipinski definition) is 2. The summed E-state index contributed by atoms with van der Waals surface area (Å²) in [4.78, 5) is 2.38. The van der Waals surface area contributed by atoms with Gasteiger partial charge in [0, 0.05) is 25.0 Å². The van der Waals surface area contributed by atoms with E-state index in [2.05, 4.69) is 71.8 Å². The second kappa shape index (κ2) is 6.59. The van der Waals surface area contributed by atoms with E-state index in [0.29, 0.717) is 5.92 Å². The third-order valence-corrected chi connectivity index (χ3v) is 4.20. The maximum Gasteiger partial charge on any atom is 0.0256 e. The molecule has 1 fully saturated rings. The highest BCUT2D eigenvalue weighted by atomic mass is 15.1. The van der Waals surface area contributed by atoms with Gasteiger partial charge in [-0.15, -0.1) is 0 Å². The standard InChI is InChI=1S/C19H22N2/c20-19-12-14-21(13-11-16-7-3-1-4-8-16)15-18(19)17-9-5-2-6-10-17/h1-11,13,18-19H,12,14-15,20H2/t18-,19-/m0/s1. The average molecular weight is 278 g/mol. The van der Waals surface area contributed by atoms with Crippen LogP contribution in [0.15, 0.2) is 66.9 Å². The summed E-state index contributed by atoms with van der Waals surface area (Å²) in [5.41, 5.74) is 8.92. The Morgan fingerprint density at radius 3 is 2.33 bits per heavy atom. The third-order valence-electron chi connectivity index (χ3n) is 4.20. The number of likely N-dealkylation sites (tertiary alicyclic amines) is 1. The van der Waals surface area contributed by atoms with Crippen LogP contribution in [0.1, 0.15) is 23.5 Å². The van der Waals surface area contributed by atoms with Gasteiger partial charge in [-0.2, -0.15) is 0 Å². The first kappa shape index (κ1) is 13.9. The maximum atomic E-state index is 6.33. The van der Waals surface area contributed by atoms with E-state index < -0.39 is 0 Å². The monoisotopic (exact) mass is 278 g/mol. The van der Waals surface area contributed by atoms with E-state index in [0.717, 1.165) is 19.5 Å². The van der Waals surface area contributed by atoms with Crippen LogP contribution in [0.4, 0.5) is 0 Å². The Morgan fingerprint density at radius 1 is 0.952 bits per heavy atom. The largest absolute Gasteiger partial charge is 0.377 e. The minimum Gasteiger partial charge on any atom is -0.377 e. The first-order valence-corrected chi connectivity index (χ1v) is 7.61. The number of rotatable bonds is 3. The molecule has 2 nitrogen and oxygen atoms in total. The van der Waals surface area contributed by atoms with Crippen LogP contribution >= 0.6 is 0 Å². The molecule has 2 N–H and O–H groups in total. The summed E-state index contributed by atoms with van der Waals surface area (Å²) < 4.78 is 0. The molecule has 21 heavy (non-hydrogen) atoms. The molecule has 0 aliphatic carbocycles. The van der Waals surface area contributed by atoms with Crippen molar-refractivity contribution in [2.45, 2.75) is 18.4 Å². The van der Waals surface area contributed by atoms with Gasteiger partial charge < -0.3 is 10.6 Å². The SMILES string of the molecule is N[C@H]1CCN(C=Cc2ccccc2)C[C@H]1c1ccccc1. The molecular formula is C19H22N2. The minimum absolute atomic E-state index is 0.258. The van der Waals surface area contributed by atoms with E-state index in [1.165, 1.54) is 11.1 Å². The molecule has 1 aliphatic heterocycles. The van der Waals surface area contributed by atoms with Gasteiger partial charge in [-0.3, -0.25) is 0 Å². The molecule has 2 aromatic carbocycles. The van der Waals surface area contributed by atoms with Gasteiger partial charge in [0.2, 0.25) is 0 Å². The zero-order valence-electron chi connectivity index (χ0n) is 12.2. The molecule has 2 atom stereocenters. The maximum absolute atomic E-state index is 6.33. The van der Waals surface area contributed by atoms with Crippen LogP contribution in [0.3, 0.4) is 0 Å². The minimum atomic E-state index is 0.258. The Morgan fingerprint density at radius 2 is 1.62 bits per heavy atom. The molecule has 0 unspecified atom stereocenters. The Labute approximate surface area is 126 Å². The van der Waals surface area contributed by atoms with Crippen molar-refractivity contribution in [2.75, 3.05) is 13.1 Å². The molecule has 1 heterocycles. The van der Waals surface area contributed by atoms with E-state index >= 15 is 0 Å². The number of nitrogens with two attached hydrogens (primary N) is 1. The molecule has 0 bridgehead atoms. The molecule has 0 amide bonds. The molecule has 2 aromatic rings. The molecule has 108 valence electrons. The van der Waals surface area contributed by atoms with Gasteiger partial charge >= 0.3 is 0 Å². The first-order chi connectivity index (χ1) is 10.3. The Bertz CT molecular complexity index is 577. The lowest BCUT2D eigenvalue weighted by molar-refractivity contribution is 0.255. The molecule has 0 aromatic heterocycles. The van der Waals surface area contributed by atoms with Crippen molar-refractivity contribution in [3.8, 4) is 0 Å². The van der Waals surface area contributed by atoms with Gasteiger partial charge in [-0.05, 0) is 29.8 Å². The van der Waals surface area contributed by atoms with Gasteiger partial charge in [0.25, 0.3) is 0 Å². The number of piperidine rings is 1. The predicted octanol–water partition coefficient (Wildman–Crippen LogP) is 3.47. The number of nitrogens with zero attached hydrogens (tertiary/aromatic N) is 1. The quantitative estimate of drug-likeness (QED) is 0.931. The first-order valence-electron chi connectivity index (χ1n) is 7.61. The third kappa shape index (κ3) is 3.53. The fourth-order valence-corrected chi connectivity index (χ4v) is 2.94. The van der Waals surface area contributed by atoms with Gasteiger partial charge in [-0.25, -0.2) is 0 Å². The summed E-state index contributed by atoms with van der Waals surface area (Å²) in [5.74, 6) is 0.417. The summed E-state index contributed by atoms with van der Waals surface area (Å²) in [6.45, 7) is 2.03. The second-order valence-electron chi connectivity index (χ2n) is 5.69. The zero-order chi connectivity index (χ0) is 14.5. The molecule has 0 radical (unpaired) electrons. The van der Waals surface area contributed by atoms with E-state index in [-0.39, 0.29) is 6.04 Å². The topological polar surface area (TPSA) is 29.3 Å². The van der Waals surface area contributed by atoms with Crippen LogP contribution in [-0.4, -0.2) is 24.0 Å². The lowest BCUT2D eigenvalue weighted by Gasteiger charge is -2.36. The fraction of sp³-hybridized carbons (Fsp3) is 0.263. The van der Waals surface area contributed by atoms with Crippen LogP contribution in [-0.2, 0) is 0 Å². The summed E-state index contributed by atoms with van der Waals surface area (Å²) in [5, 5.41) is 0. The van der Waals surface area contributed by atoms with Crippen molar-refractivity contribution in [2.24, 2.45) is 5.73 Å². The Kier molecular flexibility index (Phi) is 4.37. The van der Waals surface area contributed by atoms with E-state index in [9.17, 15) is 0 Å². The average Bonchev–Trinajstić information content (AvgIpc) is 2.56. The summed E-state index contributed by atoms with van der Waals surface area (Å²) in [6.07, 6.45) is 5.43. The van der Waals surface area contributed by atoms with Gasteiger partial charge in [0.05, 0.1) is 0 Å². The van der Waals surface area contributed by atoms with Crippen molar-refractivity contribution < 1.29 is 0 Å². The van der Waals surface area contributed by atoms with E-state index in [1.807, 2.05) is 6.07 Å². The zero-order valence-corrected chi connectivity index (χ0v) is 12.2. The summed E-state index contributed by atoms with van der Waals surface area (Å²) in [7, 11) is 0. The normalized spacial score (nSPS) is 22.6. The molecular weight excluding hydrogens is 256 g/mol. The second-order valence-corrected chi connectivity index (χ2v) is 5.69. The highest BCUT2D eigenvalue weighted by Gasteiger charge is 2.26. The van der Waals surface area contributed by atoms with E-state index in [1.54, 1.807) is 0 Å². The van der Waals surface area contributed by atoms with Crippen molar-refractivity contribution >= 4 is 6.08 Å². The highest BCUT2D eigenvalue weighted by Crippen LogP contribution is 2.26.